The number of fused-ring (bicyclic) bond motifs is 5. The molecular weight excluding hydrogens is 332 g/mol. The highest BCUT2D eigenvalue weighted by Crippen LogP contribution is 2.31. The van der Waals surface area contributed by atoms with Crippen LogP contribution in [0.15, 0.2) is 36.4 Å². The van der Waals surface area contributed by atoms with Gasteiger partial charge in [-0.05, 0) is 51.4 Å². The van der Waals surface area contributed by atoms with Crippen LogP contribution in [0.2, 0.25) is 0 Å². The molecule has 2 aliphatic carbocycles. The highest BCUT2D eigenvalue weighted by Gasteiger charge is 2.38. The second-order valence-corrected chi connectivity index (χ2v) is 6.69. The summed E-state index contributed by atoms with van der Waals surface area (Å²) in [6.07, 6.45) is 8.62. The lowest BCUT2D eigenvalue weighted by Crippen LogP contribution is -2.46. The molecule has 1 saturated heterocycles. The Labute approximate surface area is 148 Å². The van der Waals surface area contributed by atoms with E-state index in [1.54, 1.807) is 12.2 Å². The summed E-state index contributed by atoms with van der Waals surface area (Å²) in [5, 5.41) is 23.1. The second kappa shape index (κ2) is 5.30. The number of aliphatic hydroxyl groups is 1. The Morgan fingerprint density at radius 2 is 1.88 bits per heavy atom. The monoisotopic (exact) mass is 348 g/mol. The third-order valence-corrected chi connectivity index (χ3v) is 5.15. The van der Waals surface area contributed by atoms with Gasteiger partial charge in [0.15, 0.2) is 6.10 Å². The van der Waals surface area contributed by atoms with Crippen LogP contribution in [0.25, 0.3) is 34.8 Å². The SMILES string of the molecule is O=C(O)C1CCOC2(C=Cc3c(ccc4c5c(ccc34)=C(O)C=C5)=C2)O1. The minimum atomic E-state index is -1.13. The van der Waals surface area contributed by atoms with E-state index in [0.717, 1.165) is 32.3 Å². The maximum absolute atomic E-state index is 11.3. The number of hydrogen-bond acceptors (Lipinski definition) is 4. The van der Waals surface area contributed by atoms with E-state index >= 15 is 0 Å². The molecular formula is C21H16O5. The molecule has 5 rings (SSSR count). The molecule has 2 unspecified atom stereocenters. The predicted octanol–water partition coefficient (Wildman–Crippen LogP) is 1.93. The first kappa shape index (κ1) is 15.4. The fourth-order valence-corrected chi connectivity index (χ4v) is 3.88. The minimum Gasteiger partial charge on any atom is -0.507 e. The molecule has 5 nitrogen and oxygen atoms in total. The molecule has 0 amide bonds. The summed E-state index contributed by atoms with van der Waals surface area (Å²) in [6, 6.07) is 7.90. The van der Waals surface area contributed by atoms with Gasteiger partial charge in [-0.15, -0.1) is 0 Å². The van der Waals surface area contributed by atoms with Crippen molar-refractivity contribution in [2.24, 2.45) is 0 Å². The minimum absolute atomic E-state index is 0.282. The van der Waals surface area contributed by atoms with Crippen molar-refractivity contribution in [1.82, 2.24) is 0 Å². The van der Waals surface area contributed by atoms with E-state index in [9.17, 15) is 15.0 Å². The van der Waals surface area contributed by atoms with Gasteiger partial charge >= 0.3 is 5.97 Å². The molecule has 5 heteroatoms. The molecule has 2 aromatic rings. The standard InChI is InChI=1S/C21H16O5/c22-18-6-5-16-15-2-1-12-11-21(25-10-8-19(26-21)20(23)24)9-7-13(12)14(15)3-4-17(16)18/h1-7,9,11,19,22H,8,10H2,(H,23,24). The van der Waals surface area contributed by atoms with Gasteiger partial charge in [-0.1, -0.05) is 30.3 Å². The van der Waals surface area contributed by atoms with Gasteiger partial charge < -0.3 is 19.7 Å². The van der Waals surface area contributed by atoms with Crippen LogP contribution in [0.5, 0.6) is 0 Å². The van der Waals surface area contributed by atoms with Gasteiger partial charge in [0, 0.05) is 11.6 Å². The Hall–Kier alpha value is -2.89. The van der Waals surface area contributed by atoms with E-state index in [1.807, 2.05) is 42.5 Å². The van der Waals surface area contributed by atoms with Gasteiger partial charge in [0.25, 0.3) is 0 Å². The molecule has 0 aromatic heterocycles. The third kappa shape index (κ3) is 2.14. The molecule has 130 valence electrons. The number of benzene rings is 2. The predicted molar refractivity (Wildman–Crippen MR) is 97.6 cm³/mol. The summed E-state index contributed by atoms with van der Waals surface area (Å²) in [5.41, 5.74) is 2.04. The van der Waals surface area contributed by atoms with E-state index in [4.69, 9.17) is 9.47 Å². The normalized spacial score (nSPS) is 26.0. The average molecular weight is 348 g/mol. The number of carboxylic acids is 1. The van der Waals surface area contributed by atoms with Crippen LogP contribution in [0.1, 0.15) is 17.5 Å². The molecule has 26 heavy (non-hydrogen) atoms. The summed E-state index contributed by atoms with van der Waals surface area (Å²) in [4.78, 5) is 11.3. The van der Waals surface area contributed by atoms with Gasteiger partial charge in [0.1, 0.15) is 5.76 Å². The first-order chi connectivity index (χ1) is 12.6. The van der Waals surface area contributed by atoms with Gasteiger partial charge in [-0.25, -0.2) is 4.79 Å². The van der Waals surface area contributed by atoms with Gasteiger partial charge in [-0.2, -0.15) is 0 Å². The van der Waals surface area contributed by atoms with Crippen LogP contribution in [0.3, 0.4) is 0 Å². The Morgan fingerprint density at radius 1 is 1.08 bits per heavy atom. The molecule has 2 atom stereocenters. The highest BCUT2D eigenvalue weighted by molar-refractivity contribution is 5.99. The van der Waals surface area contributed by atoms with Gasteiger partial charge in [0.2, 0.25) is 5.79 Å². The number of rotatable bonds is 1. The molecule has 0 bridgehead atoms. The number of aliphatic hydroxyl groups excluding tert-OH is 1. The summed E-state index contributed by atoms with van der Waals surface area (Å²) in [6.45, 7) is 0.328. The number of ether oxygens (including phenoxy) is 2. The molecule has 1 heterocycles. The lowest BCUT2D eigenvalue weighted by atomic mass is 9.93. The van der Waals surface area contributed by atoms with Crippen molar-refractivity contribution < 1.29 is 24.5 Å². The number of hydrogen-bond donors (Lipinski definition) is 2. The topological polar surface area (TPSA) is 76.0 Å². The second-order valence-electron chi connectivity index (χ2n) is 6.69. The zero-order valence-electron chi connectivity index (χ0n) is 13.8. The summed E-state index contributed by atoms with van der Waals surface area (Å²) in [5.74, 6) is -1.83. The summed E-state index contributed by atoms with van der Waals surface area (Å²) < 4.78 is 11.5. The number of carboxylic acid groups (broad SMARTS) is 1. The summed E-state index contributed by atoms with van der Waals surface area (Å²) in [7, 11) is 0. The Kier molecular flexibility index (Phi) is 3.13. The number of aliphatic carboxylic acids is 1. The van der Waals surface area contributed by atoms with Crippen LogP contribution >= 0.6 is 0 Å². The largest absolute Gasteiger partial charge is 0.507 e. The van der Waals surface area contributed by atoms with Crippen molar-refractivity contribution in [3.63, 3.8) is 0 Å². The van der Waals surface area contributed by atoms with Crippen molar-refractivity contribution in [3.05, 3.63) is 58.0 Å². The molecule has 0 radical (unpaired) electrons. The fourth-order valence-electron chi connectivity index (χ4n) is 3.88. The Balaban J connectivity index is 1.68. The zero-order chi connectivity index (χ0) is 17.9. The van der Waals surface area contributed by atoms with E-state index in [1.165, 1.54) is 0 Å². The van der Waals surface area contributed by atoms with E-state index in [0.29, 0.717) is 13.0 Å². The smallest absolute Gasteiger partial charge is 0.333 e. The van der Waals surface area contributed by atoms with Crippen LogP contribution in [0, 0.1) is 0 Å². The Bertz CT molecular complexity index is 1140. The quantitative estimate of drug-likeness (QED) is 0.824. The van der Waals surface area contributed by atoms with E-state index in [2.05, 4.69) is 0 Å². The average Bonchev–Trinajstić information content (AvgIpc) is 3.02. The number of carbonyl (C=O) groups is 1. The summed E-state index contributed by atoms with van der Waals surface area (Å²) >= 11 is 0. The molecule has 2 N–H and O–H groups in total. The zero-order valence-corrected chi connectivity index (χ0v) is 13.8. The third-order valence-electron chi connectivity index (χ3n) is 5.15. The first-order valence-electron chi connectivity index (χ1n) is 8.50. The van der Waals surface area contributed by atoms with Crippen LogP contribution in [-0.2, 0) is 14.3 Å². The van der Waals surface area contributed by atoms with Gasteiger partial charge in [-0.3, -0.25) is 0 Å². The van der Waals surface area contributed by atoms with Gasteiger partial charge in [0.05, 0.1) is 6.61 Å². The highest BCUT2D eigenvalue weighted by atomic mass is 16.7. The molecule has 1 spiro atoms. The van der Waals surface area contributed by atoms with E-state index < -0.39 is 17.9 Å². The maximum Gasteiger partial charge on any atom is 0.333 e. The van der Waals surface area contributed by atoms with Crippen molar-refractivity contribution in [2.75, 3.05) is 6.61 Å². The lowest BCUT2D eigenvalue weighted by Gasteiger charge is -2.36. The molecule has 0 saturated carbocycles. The Morgan fingerprint density at radius 3 is 2.73 bits per heavy atom. The van der Waals surface area contributed by atoms with Crippen LogP contribution in [0.4, 0.5) is 0 Å². The lowest BCUT2D eigenvalue weighted by molar-refractivity contribution is -0.232. The van der Waals surface area contributed by atoms with E-state index in [-0.39, 0.29) is 5.76 Å². The van der Waals surface area contributed by atoms with Crippen LogP contribution in [-0.4, -0.2) is 34.7 Å². The van der Waals surface area contributed by atoms with Crippen molar-refractivity contribution >= 4 is 40.7 Å². The van der Waals surface area contributed by atoms with Crippen molar-refractivity contribution in [2.45, 2.75) is 18.3 Å². The molecule has 3 aliphatic rings. The maximum atomic E-state index is 11.3. The first-order valence-corrected chi connectivity index (χ1v) is 8.50. The molecule has 2 aromatic carbocycles. The fraction of sp³-hybridized carbons (Fsp3) is 0.190. The van der Waals surface area contributed by atoms with Crippen molar-refractivity contribution in [3.8, 4) is 0 Å². The molecule has 1 fully saturated rings. The van der Waals surface area contributed by atoms with Crippen LogP contribution < -0.4 is 10.4 Å². The molecule has 1 aliphatic heterocycles. The van der Waals surface area contributed by atoms with Crippen molar-refractivity contribution in [1.29, 1.82) is 0 Å².